The number of amides is 1. The number of hydrogen-bond donors (Lipinski definition) is 0. The van der Waals surface area contributed by atoms with Gasteiger partial charge in [0.2, 0.25) is 0 Å². The molecule has 8 heteroatoms. The van der Waals surface area contributed by atoms with Crippen LogP contribution >= 0.6 is 23.2 Å². The van der Waals surface area contributed by atoms with Crippen LogP contribution in [0.3, 0.4) is 0 Å². The van der Waals surface area contributed by atoms with Gasteiger partial charge in [-0.15, -0.1) is 0 Å². The Hall–Kier alpha value is -2.57. The maximum Gasteiger partial charge on any atom is 0.253 e. The highest BCUT2D eigenvalue weighted by atomic mass is 35.5. The Morgan fingerprint density at radius 3 is 2.72 bits per heavy atom. The molecule has 5 rings (SSSR count). The van der Waals surface area contributed by atoms with E-state index in [9.17, 15) is 9.59 Å². The molecule has 1 spiro atoms. The molecule has 1 aromatic heterocycles. The van der Waals surface area contributed by atoms with Crippen molar-refractivity contribution in [2.75, 3.05) is 13.1 Å². The van der Waals surface area contributed by atoms with E-state index in [4.69, 9.17) is 32.4 Å². The van der Waals surface area contributed by atoms with E-state index < -0.39 is 5.60 Å². The molecule has 6 nitrogen and oxygen atoms in total. The summed E-state index contributed by atoms with van der Waals surface area (Å²) < 4.78 is 11.5. The van der Waals surface area contributed by atoms with Crippen LogP contribution in [0.25, 0.3) is 11.1 Å². The first-order valence-electron chi connectivity index (χ1n) is 9.28. The molecule has 2 aromatic carbocycles. The number of piperidine rings is 1. The van der Waals surface area contributed by atoms with Crippen LogP contribution in [0.15, 0.2) is 41.1 Å². The van der Waals surface area contributed by atoms with Crippen molar-refractivity contribution in [1.29, 1.82) is 0 Å². The number of oxazole rings is 1. The molecule has 2 aliphatic heterocycles. The number of Topliss-reactive ketones (excluding diaryl/α,β-unsaturated/α-hetero) is 1. The second-order valence-electron chi connectivity index (χ2n) is 7.48. The summed E-state index contributed by atoms with van der Waals surface area (Å²) >= 11 is 12.3. The van der Waals surface area contributed by atoms with E-state index in [-0.39, 0.29) is 18.1 Å². The summed E-state index contributed by atoms with van der Waals surface area (Å²) in [5.41, 5.74) is 1.63. The Morgan fingerprint density at radius 2 is 1.93 bits per heavy atom. The van der Waals surface area contributed by atoms with Crippen molar-refractivity contribution in [1.82, 2.24) is 9.88 Å². The van der Waals surface area contributed by atoms with Crippen molar-refractivity contribution in [2.24, 2.45) is 0 Å². The smallest absolute Gasteiger partial charge is 0.253 e. The van der Waals surface area contributed by atoms with Gasteiger partial charge in [0.05, 0.1) is 17.0 Å². The number of carbonyl (C=O) groups excluding carboxylic acids is 2. The van der Waals surface area contributed by atoms with Crippen LogP contribution in [-0.2, 0) is 0 Å². The first kappa shape index (κ1) is 18.5. The number of fused-ring (bicyclic) bond motifs is 2. The number of hydrogen-bond acceptors (Lipinski definition) is 5. The first-order valence-corrected chi connectivity index (χ1v) is 10.0. The summed E-state index contributed by atoms with van der Waals surface area (Å²) in [6.45, 7) is 0.979. The number of ketones is 1. The lowest BCUT2D eigenvalue weighted by molar-refractivity contribution is -0.00564. The Kier molecular flexibility index (Phi) is 4.29. The second-order valence-corrected chi connectivity index (χ2v) is 8.32. The van der Waals surface area contributed by atoms with Crippen molar-refractivity contribution >= 4 is 46.0 Å². The topological polar surface area (TPSA) is 72.6 Å². The van der Waals surface area contributed by atoms with Crippen molar-refractivity contribution < 1.29 is 18.7 Å². The second kappa shape index (κ2) is 6.75. The fourth-order valence-electron chi connectivity index (χ4n) is 4.08. The molecular weight excluding hydrogens is 415 g/mol. The van der Waals surface area contributed by atoms with Crippen LogP contribution in [0.2, 0.25) is 10.0 Å². The molecule has 2 aliphatic rings. The summed E-state index contributed by atoms with van der Waals surface area (Å²) in [7, 11) is 0. The van der Waals surface area contributed by atoms with Crippen LogP contribution < -0.4 is 4.74 Å². The van der Waals surface area contributed by atoms with Crippen molar-refractivity contribution in [3.63, 3.8) is 0 Å². The molecule has 0 radical (unpaired) electrons. The predicted octanol–water partition coefficient (Wildman–Crippen LogP) is 4.77. The molecule has 3 heterocycles. The van der Waals surface area contributed by atoms with Gasteiger partial charge in [0, 0.05) is 36.5 Å². The van der Waals surface area contributed by atoms with E-state index in [0.717, 1.165) is 0 Å². The minimum atomic E-state index is -0.644. The maximum absolute atomic E-state index is 12.9. The van der Waals surface area contributed by atoms with E-state index in [2.05, 4.69) is 4.98 Å². The average molecular weight is 431 g/mol. The molecule has 1 fully saturated rings. The summed E-state index contributed by atoms with van der Waals surface area (Å²) in [6, 6.07) is 8.38. The first-order chi connectivity index (χ1) is 13.9. The Morgan fingerprint density at radius 1 is 1.14 bits per heavy atom. The average Bonchev–Trinajstić information content (AvgIpc) is 3.17. The zero-order chi connectivity index (χ0) is 20.2. The Labute approximate surface area is 176 Å². The summed E-state index contributed by atoms with van der Waals surface area (Å²) in [6.07, 6.45) is 2.71. The van der Waals surface area contributed by atoms with Gasteiger partial charge in [-0.25, -0.2) is 4.98 Å². The van der Waals surface area contributed by atoms with Gasteiger partial charge in [-0.2, -0.15) is 0 Å². The summed E-state index contributed by atoms with van der Waals surface area (Å²) in [5, 5.41) is 0.741. The molecule has 1 amide bonds. The molecular formula is C21H16Cl2N2O4. The number of aromatic nitrogens is 1. The third-order valence-electron chi connectivity index (χ3n) is 5.65. The van der Waals surface area contributed by atoms with Gasteiger partial charge in [0.25, 0.3) is 5.91 Å². The third-order valence-corrected chi connectivity index (χ3v) is 6.15. The zero-order valence-corrected chi connectivity index (χ0v) is 16.8. The zero-order valence-electron chi connectivity index (χ0n) is 15.3. The number of carbonyl (C=O) groups is 2. The third kappa shape index (κ3) is 3.16. The number of benzene rings is 2. The molecule has 0 N–H and O–H groups in total. The van der Waals surface area contributed by atoms with Crippen LogP contribution in [0.1, 0.15) is 40.0 Å². The van der Waals surface area contributed by atoms with E-state index in [1.54, 1.807) is 35.2 Å². The highest BCUT2D eigenvalue weighted by Gasteiger charge is 2.44. The van der Waals surface area contributed by atoms with Gasteiger partial charge in [-0.1, -0.05) is 23.2 Å². The van der Waals surface area contributed by atoms with Gasteiger partial charge in [-0.3, -0.25) is 9.59 Å². The largest absolute Gasteiger partial charge is 0.484 e. The Bertz CT molecular complexity index is 1150. The van der Waals surface area contributed by atoms with Crippen LogP contribution in [-0.4, -0.2) is 40.3 Å². The number of ether oxygens (including phenoxy) is 1. The van der Waals surface area contributed by atoms with Crippen LogP contribution in [0, 0.1) is 0 Å². The van der Waals surface area contributed by atoms with Gasteiger partial charge in [-0.05, 0) is 30.3 Å². The lowest BCUT2D eigenvalue weighted by atomic mass is 9.82. The molecule has 0 bridgehead atoms. The van der Waals surface area contributed by atoms with Crippen molar-refractivity contribution in [3.05, 3.63) is 57.9 Å². The minimum Gasteiger partial charge on any atom is -0.484 e. The van der Waals surface area contributed by atoms with E-state index in [1.807, 2.05) is 0 Å². The fourth-order valence-corrected chi connectivity index (χ4v) is 4.61. The van der Waals surface area contributed by atoms with E-state index in [1.165, 1.54) is 6.39 Å². The Balaban J connectivity index is 1.34. The standard InChI is InChI=1S/C21H16Cl2N2O4/c22-13-8-14-17(26)10-21(29-19(14)15(23)9-13)3-5-25(6-4-21)20(27)12-1-2-18-16(7-12)24-11-28-18/h1-2,7-9,11H,3-6,10H2. The van der Waals surface area contributed by atoms with E-state index in [0.29, 0.717) is 64.0 Å². The van der Waals surface area contributed by atoms with Crippen LogP contribution in [0.4, 0.5) is 0 Å². The van der Waals surface area contributed by atoms with Crippen molar-refractivity contribution in [3.8, 4) is 5.75 Å². The van der Waals surface area contributed by atoms with Gasteiger partial charge in [0.1, 0.15) is 16.9 Å². The summed E-state index contributed by atoms with van der Waals surface area (Å²) in [4.78, 5) is 31.5. The molecule has 1 saturated heterocycles. The minimum absolute atomic E-state index is 0.0353. The highest BCUT2D eigenvalue weighted by molar-refractivity contribution is 6.36. The maximum atomic E-state index is 12.9. The predicted molar refractivity (Wildman–Crippen MR) is 108 cm³/mol. The lowest BCUT2D eigenvalue weighted by Crippen LogP contribution is -2.52. The monoisotopic (exact) mass is 430 g/mol. The quantitative estimate of drug-likeness (QED) is 0.555. The molecule has 0 unspecified atom stereocenters. The lowest BCUT2D eigenvalue weighted by Gasteiger charge is -2.44. The molecule has 148 valence electrons. The number of rotatable bonds is 1. The normalized spacial score (nSPS) is 18.0. The molecule has 0 atom stereocenters. The fraction of sp³-hybridized carbons (Fsp3) is 0.286. The van der Waals surface area contributed by atoms with Crippen molar-refractivity contribution in [2.45, 2.75) is 24.9 Å². The molecule has 0 aliphatic carbocycles. The highest BCUT2D eigenvalue weighted by Crippen LogP contribution is 2.44. The van der Waals surface area contributed by atoms with Crippen LogP contribution in [0.5, 0.6) is 5.75 Å². The van der Waals surface area contributed by atoms with Gasteiger partial charge in [0.15, 0.2) is 17.8 Å². The molecule has 3 aromatic rings. The van der Waals surface area contributed by atoms with Gasteiger partial charge < -0.3 is 14.1 Å². The number of likely N-dealkylation sites (tertiary alicyclic amines) is 1. The number of halogens is 2. The summed E-state index contributed by atoms with van der Waals surface area (Å²) in [5.74, 6) is 0.285. The van der Waals surface area contributed by atoms with Gasteiger partial charge >= 0.3 is 0 Å². The molecule has 29 heavy (non-hydrogen) atoms. The SMILES string of the molecule is O=C1CC2(CCN(C(=O)c3ccc4ocnc4c3)CC2)Oc2c(Cl)cc(Cl)cc21. The number of nitrogens with zero attached hydrogens (tertiary/aromatic N) is 2. The van der Waals surface area contributed by atoms with E-state index >= 15 is 0 Å². The molecule has 0 saturated carbocycles.